The highest BCUT2D eigenvalue weighted by Crippen LogP contribution is 2.24. The zero-order valence-corrected chi connectivity index (χ0v) is 8.69. The van der Waals surface area contributed by atoms with Crippen molar-refractivity contribution >= 4 is 29.2 Å². The molecule has 1 aromatic heterocycles. The molecule has 0 aromatic carbocycles. The highest BCUT2D eigenvalue weighted by molar-refractivity contribution is 6.36. The van der Waals surface area contributed by atoms with Crippen LogP contribution < -0.4 is 0 Å². The van der Waals surface area contributed by atoms with E-state index in [-0.39, 0.29) is 22.3 Å². The Morgan fingerprint density at radius 2 is 2.29 bits per heavy atom. The van der Waals surface area contributed by atoms with Crippen molar-refractivity contribution < 1.29 is 13.9 Å². The average Bonchev–Trinajstić information content (AvgIpc) is 2.15. The molecule has 0 aliphatic heterocycles. The number of esters is 1. The molecule has 0 aliphatic carbocycles. The summed E-state index contributed by atoms with van der Waals surface area (Å²) in [4.78, 5) is 14.6. The SMILES string of the molecule is CCOC(=O)c1cnc(Cl)c(F)c1Cl. The maximum Gasteiger partial charge on any atom is 0.341 e. The molecule has 76 valence electrons. The van der Waals surface area contributed by atoms with Crippen molar-refractivity contribution in [3.63, 3.8) is 0 Å². The lowest BCUT2D eigenvalue weighted by Crippen LogP contribution is -2.07. The third-order valence-electron chi connectivity index (χ3n) is 1.41. The molecule has 0 saturated heterocycles. The lowest BCUT2D eigenvalue weighted by atomic mass is 10.3. The van der Waals surface area contributed by atoms with Gasteiger partial charge in [-0.25, -0.2) is 14.2 Å². The van der Waals surface area contributed by atoms with Gasteiger partial charge in [0.25, 0.3) is 0 Å². The normalized spacial score (nSPS) is 10.0. The van der Waals surface area contributed by atoms with Crippen LogP contribution in [-0.4, -0.2) is 17.6 Å². The van der Waals surface area contributed by atoms with E-state index in [9.17, 15) is 9.18 Å². The lowest BCUT2D eigenvalue weighted by molar-refractivity contribution is 0.0525. The maximum atomic E-state index is 13.1. The molecule has 0 N–H and O–H groups in total. The van der Waals surface area contributed by atoms with Gasteiger partial charge in [-0.15, -0.1) is 0 Å². The van der Waals surface area contributed by atoms with E-state index in [4.69, 9.17) is 23.2 Å². The first-order chi connectivity index (χ1) is 6.57. The summed E-state index contributed by atoms with van der Waals surface area (Å²) in [6.45, 7) is 1.81. The van der Waals surface area contributed by atoms with Crippen LogP contribution >= 0.6 is 23.2 Å². The van der Waals surface area contributed by atoms with Gasteiger partial charge in [0.2, 0.25) is 0 Å². The van der Waals surface area contributed by atoms with Crippen molar-refractivity contribution in [3.05, 3.63) is 27.8 Å². The average molecular weight is 238 g/mol. The highest BCUT2D eigenvalue weighted by Gasteiger charge is 2.17. The van der Waals surface area contributed by atoms with Crippen LogP contribution in [0.15, 0.2) is 6.20 Å². The number of ether oxygens (including phenoxy) is 1. The van der Waals surface area contributed by atoms with E-state index in [1.54, 1.807) is 6.92 Å². The number of halogens is 3. The number of hydrogen-bond donors (Lipinski definition) is 0. The van der Waals surface area contributed by atoms with Crippen LogP contribution in [0.5, 0.6) is 0 Å². The molecule has 0 atom stereocenters. The molecule has 3 nitrogen and oxygen atoms in total. The Morgan fingerprint density at radius 1 is 1.64 bits per heavy atom. The van der Waals surface area contributed by atoms with E-state index in [0.29, 0.717) is 0 Å². The largest absolute Gasteiger partial charge is 0.462 e. The lowest BCUT2D eigenvalue weighted by Gasteiger charge is -2.04. The van der Waals surface area contributed by atoms with Crippen LogP contribution in [0.25, 0.3) is 0 Å². The Morgan fingerprint density at radius 3 is 2.86 bits per heavy atom. The third kappa shape index (κ3) is 2.13. The topological polar surface area (TPSA) is 39.2 Å². The van der Waals surface area contributed by atoms with Crippen LogP contribution in [0, 0.1) is 5.82 Å². The van der Waals surface area contributed by atoms with Gasteiger partial charge in [-0.05, 0) is 6.92 Å². The Kier molecular flexibility index (Phi) is 3.66. The summed E-state index contributed by atoms with van der Waals surface area (Å²) in [6.07, 6.45) is 1.08. The molecule has 0 fully saturated rings. The second kappa shape index (κ2) is 4.57. The van der Waals surface area contributed by atoms with E-state index in [1.165, 1.54) is 0 Å². The summed E-state index contributed by atoms with van der Waals surface area (Å²) in [6, 6.07) is 0. The molecule has 0 spiro atoms. The molecular weight excluding hydrogens is 232 g/mol. The van der Waals surface area contributed by atoms with Crippen LogP contribution in [0.3, 0.4) is 0 Å². The molecule has 1 aromatic rings. The predicted molar refractivity (Wildman–Crippen MR) is 50.2 cm³/mol. The summed E-state index contributed by atoms with van der Waals surface area (Å²) >= 11 is 10.9. The molecule has 1 heterocycles. The van der Waals surface area contributed by atoms with Crippen molar-refractivity contribution in [2.45, 2.75) is 6.92 Å². The molecule has 0 bridgehead atoms. The summed E-state index contributed by atoms with van der Waals surface area (Å²) in [5.41, 5.74) is -0.129. The van der Waals surface area contributed by atoms with E-state index < -0.39 is 11.8 Å². The van der Waals surface area contributed by atoms with Crippen molar-refractivity contribution in [2.24, 2.45) is 0 Å². The fraction of sp³-hybridized carbons (Fsp3) is 0.250. The number of rotatable bonds is 2. The van der Waals surface area contributed by atoms with Gasteiger partial charge in [-0.1, -0.05) is 23.2 Å². The molecular formula is C8H6Cl2FNO2. The van der Waals surface area contributed by atoms with Crippen molar-refractivity contribution in [2.75, 3.05) is 6.61 Å². The third-order valence-corrected chi connectivity index (χ3v) is 2.05. The molecule has 6 heteroatoms. The first kappa shape index (κ1) is 11.2. The zero-order valence-electron chi connectivity index (χ0n) is 7.18. The number of carbonyl (C=O) groups excluding carboxylic acids is 1. The molecule has 1 rings (SSSR count). The fourth-order valence-electron chi connectivity index (χ4n) is 0.795. The van der Waals surface area contributed by atoms with Gasteiger partial charge in [0.15, 0.2) is 11.0 Å². The van der Waals surface area contributed by atoms with Gasteiger partial charge in [0, 0.05) is 6.20 Å². The quantitative estimate of drug-likeness (QED) is 0.587. The van der Waals surface area contributed by atoms with Crippen molar-refractivity contribution in [1.82, 2.24) is 4.98 Å². The van der Waals surface area contributed by atoms with Gasteiger partial charge in [0.1, 0.15) is 0 Å². The second-order valence-corrected chi connectivity index (χ2v) is 3.05. The highest BCUT2D eigenvalue weighted by atomic mass is 35.5. The number of aromatic nitrogens is 1. The molecule has 14 heavy (non-hydrogen) atoms. The summed E-state index contributed by atoms with van der Waals surface area (Å²) in [5, 5.41) is -0.744. The predicted octanol–water partition coefficient (Wildman–Crippen LogP) is 2.70. The second-order valence-electron chi connectivity index (χ2n) is 2.31. The first-order valence-electron chi connectivity index (χ1n) is 3.74. The molecule has 0 radical (unpaired) electrons. The summed E-state index contributed by atoms with van der Waals surface area (Å²) in [5.74, 6) is -1.64. The van der Waals surface area contributed by atoms with Crippen molar-refractivity contribution in [3.8, 4) is 0 Å². The van der Waals surface area contributed by atoms with Crippen LogP contribution in [0.1, 0.15) is 17.3 Å². The summed E-state index contributed by atoms with van der Waals surface area (Å²) in [7, 11) is 0. The van der Waals surface area contributed by atoms with E-state index in [2.05, 4.69) is 9.72 Å². The summed E-state index contributed by atoms with van der Waals surface area (Å²) < 4.78 is 17.7. The van der Waals surface area contributed by atoms with Gasteiger partial charge < -0.3 is 4.74 Å². The van der Waals surface area contributed by atoms with Crippen LogP contribution in [-0.2, 0) is 4.74 Å². The molecule has 0 saturated carbocycles. The molecule has 0 amide bonds. The minimum atomic E-state index is -0.918. The Balaban J connectivity index is 3.11. The van der Waals surface area contributed by atoms with Crippen LogP contribution in [0.4, 0.5) is 4.39 Å². The van der Waals surface area contributed by atoms with E-state index in [0.717, 1.165) is 6.20 Å². The van der Waals surface area contributed by atoms with Gasteiger partial charge >= 0.3 is 5.97 Å². The Bertz CT molecular complexity index is 371. The molecule has 0 aliphatic rings. The number of carbonyl (C=O) groups is 1. The minimum absolute atomic E-state index is 0.129. The standard InChI is InChI=1S/C8H6Cl2FNO2/c1-2-14-8(13)4-3-12-7(10)6(11)5(4)9/h3H,2H2,1H3. The smallest absolute Gasteiger partial charge is 0.341 e. The number of hydrogen-bond acceptors (Lipinski definition) is 3. The number of pyridine rings is 1. The van der Waals surface area contributed by atoms with Crippen LogP contribution in [0.2, 0.25) is 10.2 Å². The van der Waals surface area contributed by atoms with Gasteiger partial charge in [-0.2, -0.15) is 0 Å². The Hall–Kier alpha value is -0.870. The maximum absolute atomic E-state index is 13.1. The zero-order chi connectivity index (χ0) is 10.7. The van der Waals surface area contributed by atoms with Gasteiger partial charge in [-0.3, -0.25) is 0 Å². The van der Waals surface area contributed by atoms with E-state index in [1.807, 2.05) is 0 Å². The first-order valence-corrected chi connectivity index (χ1v) is 4.50. The number of nitrogens with zero attached hydrogens (tertiary/aromatic N) is 1. The van der Waals surface area contributed by atoms with Crippen molar-refractivity contribution in [1.29, 1.82) is 0 Å². The monoisotopic (exact) mass is 237 g/mol. The van der Waals surface area contributed by atoms with E-state index >= 15 is 0 Å². The van der Waals surface area contributed by atoms with Gasteiger partial charge in [0.05, 0.1) is 17.2 Å². The Labute approximate surface area is 89.8 Å². The minimum Gasteiger partial charge on any atom is -0.462 e. The molecule has 0 unspecified atom stereocenters. The fourth-order valence-corrected chi connectivity index (χ4v) is 1.20.